The minimum absolute atomic E-state index is 0.159. The molecule has 2 amide bonds. The fourth-order valence-corrected chi connectivity index (χ4v) is 2.87. The lowest BCUT2D eigenvalue weighted by Gasteiger charge is -2.30. The molecular weight excluding hydrogens is 313 g/mol. The van der Waals surface area contributed by atoms with Gasteiger partial charge in [-0.25, -0.2) is 9.86 Å². The highest BCUT2D eigenvalue weighted by atomic mass is 35.5. The largest absolute Gasteiger partial charge is 0.341 e. The van der Waals surface area contributed by atoms with Gasteiger partial charge in [0.2, 0.25) is 0 Å². The van der Waals surface area contributed by atoms with Crippen LogP contribution in [0, 0.1) is 0 Å². The Balaban J connectivity index is 1.99. The number of carbonyl (C=O) groups excluding carboxylic acids is 1. The number of carbonyl (C=O) groups is 1. The second-order valence-electron chi connectivity index (χ2n) is 5.14. The van der Waals surface area contributed by atoms with Crippen LogP contribution in [0.25, 0.3) is 0 Å². The monoisotopic (exact) mass is 331 g/mol. The number of amides is 2. The third-order valence-electron chi connectivity index (χ3n) is 3.65. The fraction of sp³-hybridized carbons (Fsp3) is 0.500. The van der Waals surface area contributed by atoms with Crippen molar-refractivity contribution in [2.75, 3.05) is 13.1 Å². The normalized spacial score (nSPS) is 17.3. The van der Waals surface area contributed by atoms with Gasteiger partial charge in [0, 0.05) is 0 Å². The standard InChI is InChI=1S/C14H19Cl2N3O2/c1-9(11-3-2-4-12(15)13(11)16)18-14(20)19(21)10-5-7-17-8-6-10/h2-4,9-10,17,21H,5-8H2,1H3,(H,18,20)/t9-/m1/s1. The van der Waals surface area contributed by atoms with Crippen LogP contribution in [0.3, 0.4) is 0 Å². The van der Waals surface area contributed by atoms with Crippen LogP contribution < -0.4 is 10.6 Å². The molecule has 0 radical (unpaired) electrons. The van der Waals surface area contributed by atoms with E-state index in [2.05, 4.69) is 10.6 Å². The van der Waals surface area contributed by atoms with Crippen LogP contribution in [-0.4, -0.2) is 35.4 Å². The molecule has 0 unspecified atom stereocenters. The Kier molecular flexibility index (Phi) is 5.70. The predicted octanol–water partition coefficient (Wildman–Crippen LogP) is 3.21. The van der Waals surface area contributed by atoms with Crippen LogP contribution in [0.2, 0.25) is 10.0 Å². The summed E-state index contributed by atoms with van der Waals surface area (Å²) in [6.45, 7) is 3.39. The third kappa shape index (κ3) is 4.01. The van der Waals surface area contributed by atoms with Crippen LogP contribution in [0.1, 0.15) is 31.4 Å². The lowest BCUT2D eigenvalue weighted by molar-refractivity contribution is -0.0859. The summed E-state index contributed by atoms with van der Waals surface area (Å²) in [4.78, 5) is 12.1. The number of urea groups is 1. The first-order valence-electron chi connectivity index (χ1n) is 6.94. The molecule has 1 aliphatic heterocycles. The number of benzene rings is 1. The zero-order valence-electron chi connectivity index (χ0n) is 11.8. The van der Waals surface area contributed by atoms with E-state index in [0.29, 0.717) is 10.0 Å². The zero-order chi connectivity index (χ0) is 15.4. The summed E-state index contributed by atoms with van der Waals surface area (Å²) in [5, 5.41) is 17.6. The average Bonchev–Trinajstić information content (AvgIpc) is 2.50. The van der Waals surface area contributed by atoms with Crippen molar-refractivity contribution in [2.24, 2.45) is 0 Å². The molecule has 0 bridgehead atoms. The molecule has 1 fully saturated rings. The number of hydroxylamine groups is 2. The molecule has 0 saturated carbocycles. The Bertz CT molecular complexity index is 507. The molecule has 1 aliphatic rings. The Morgan fingerprint density at radius 1 is 1.43 bits per heavy atom. The van der Waals surface area contributed by atoms with Crippen molar-refractivity contribution in [3.05, 3.63) is 33.8 Å². The van der Waals surface area contributed by atoms with Gasteiger partial charge in [0.15, 0.2) is 0 Å². The van der Waals surface area contributed by atoms with Crippen molar-refractivity contribution >= 4 is 29.2 Å². The van der Waals surface area contributed by atoms with Gasteiger partial charge >= 0.3 is 6.03 Å². The fourth-order valence-electron chi connectivity index (χ4n) is 2.40. The van der Waals surface area contributed by atoms with Crippen molar-refractivity contribution in [3.63, 3.8) is 0 Å². The highest BCUT2D eigenvalue weighted by Gasteiger charge is 2.25. The molecule has 7 heteroatoms. The van der Waals surface area contributed by atoms with E-state index in [9.17, 15) is 10.0 Å². The quantitative estimate of drug-likeness (QED) is 0.588. The van der Waals surface area contributed by atoms with E-state index >= 15 is 0 Å². The number of hydrogen-bond acceptors (Lipinski definition) is 3. The van der Waals surface area contributed by atoms with Gasteiger partial charge in [-0.3, -0.25) is 5.21 Å². The molecule has 0 spiro atoms. The van der Waals surface area contributed by atoms with Gasteiger partial charge in [-0.1, -0.05) is 35.3 Å². The summed E-state index contributed by atoms with van der Waals surface area (Å²) < 4.78 is 0. The van der Waals surface area contributed by atoms with Gasteiger partial charge in [-0.05, 0) is 44.5 Å². The molecule has 0 aliphatic carbocycles. The van der Waals surface area contributed by atoms with Crippen LogP contribution in [0.4, 0.5) is 4.79 Å². The van der Waals surface area contributed by atoms with E-state index in [0.717, 1.165) is 36.6 Å². The summed E-state index contributed by atoms with van der Waals surface area (Å²) in [7, 11) is 0. The van der Waals surface area contributed by atoms with E-state index in [-0.39, 0.29) is 12.1 Å². The summed E-state index contributed by atoms with van der Waals surface area (Å²) in [5.74, 6) is 0. The van der Waals surface area contributed by atoms with Gasteiger partial charge in [0.25, 0.3) is 0 Å². The van der Waals surface area contributed by atoms with E-state index in [1.807, 2.05) is 0 Å². The Morgan fingerprint density at radius 2 is 2.10 bits per heavy atom. The van der Waals surface area contributed by atoms with Crippen molar-refractivity contribution in [1.29, 1.82) is 0 Å². The second kappa shape index (κ2) is 7.31. The Morgan fingerprint density at radius 3 is 2.76 bits per heavy atom. The maximum atomic E-state index is 12.1. The molecule has 116 valence electrons. The van der Waals surface area contributed by atoms with Crippen molar-refractivity contribution in [1.82, 2.24) is 15.7 Å². The van der Waals surface area contributed by atoms with E-state index in [1.54, 1.807) is 25.1 Å². The topological polar surface area (TPSA) is 64.6 Å². The molecular formula is C14H19Cl2N3O2. The maximum absolute atomic E-state index is 12.1. The third-order valence-corrected chi connectivity index (χ3v) is 4.48. The van der Waals surface area contributed by atoms with E-state index in [1.165, 1.54) is 0 Å². The number of nitrogens with one attached hydrogen (secondary N) is 2. The zero-order valence-corrected chi connectivity index (χ0v) is 13.3. The summed E-state index contributed by atoms with van der Waals surface area (Å²) >= 11 is 12.1. The SMILES string of the molecule is C[C@@H](NC(=O)N(O)C1CCNCC1)c1cccc(Cl)c1Cl. The molecule has 1 aromatic rings. The maximum Gasteiger partial charge on any atom is 0.341 e. The highest BCUT2D eigenvalue weighted by molar-refractivity contribution is 6.42. The molecule has 5 nitrogen and oxygen atoms in total. The van der Waals surface area contributed by atoms with Gasteiger partial charge < -0.3 is 10.6 Å². The minimum atomic E-state index is -0.523. The average molecular weight is 332 g/mol. The second-order valence-corrected chi connectivity index (χ2v) is 5.93. The number of hydrogen-bond donors (Lipinski definition) is 3. The summed E-state index contributed by atoms with van der Waals surface area (Å²) in [5.41, 5.74) is 0.719. The molecule has 1 saturated heterocycles. The van der Waals surface area contributed by atoms with Gasteiger partial charge in [-0.15, -0.1) is 0 Å². The number of nitrogens with zero attached hydrogens (tertiary/aromatic N) is 1. The first-order chi connectivity index (χ1) is 10.0. The molecule has 1 aromatic carbocycles. The predicted molar refractivity (Wildman–Crippen MR) is 82.9 cm³/mol. The summed E-state index contributed by atoms with van der Waals surface area (Å²) in [6.07, 6.45) is 1.46. The van der Waals surface area contributed by atoms with E-state index < -0.39 is 6.03 Å². The molecule has 2 rings (SSSR count). The lowest BCUT2D eigenvalue weighted by atomic mass is 10.1. The van der Waals surface area contributed by atoms with Crippen molar-refractivity contribution in [2.45, 2.75) is 31.8 Å². The number of halogens is 2. The Labute approximate surface area is 134 Å². The molecule has 21 heavy (non-hydrogen) atoms. The molecule has 1 heterocycles. The number of rotatable bonds is 3. The van der Waals surface area contributed by atoms with Gasteiger partial charge in [0.05, 0.1) is 22.1 Å². The minimum Gasteiger partial charge on any atom is -0.330 e. The van der Waals surface area contributed by atoms with Gasteiger partial charge in [-0.2, -0.15) is 0 Å². The van der Waals surface area contributed by atoms with E-state index in [4.69, 9.17) is 23.2 Å². The van der Waals surface area contributed by atoms with Crippen molar-refractivity contribution in [3.8, 4) is 0 Å². The smallest absolute Gasteiger partial charge is 0.330 e. The van der Waals surface area contributed by atoms with Crippen LogP contribution >= 0.6 is 23.2 Å². The molecule has 1 atom stereocenters. The highest BCUT2D eigenvalue weighted by Crippen LogP contribution is 2.29. The van der Waals surface area contributed by atoms with Gasteiger partial charge in [0.1, 0.15) is 0 Å². The van der Waals surface area contributed by atoms with Crippen LogP contribution in [0.5, 0.6) is 0 Å². The molecule has 0 aromatic heterocycles. The van der Waals surface area contributed by atoms with Crippen LogP contribution in [0.15, 0.2) is 18.2 Å². The van der Waals surface area contributed by atoms with Crippen molar-refractivity contribution < 1.29 is 10.0 Å². The summed E-state index contributed by atoms with van der Waals surface area (Å²) in [6, 6.07) is 4.23. The Hall–Kier alpha value is -1.01. The first kappa shape index (κ1) is 16.4. The number of piperidine rings is 1. The lowest BCUT2D eigenvalue weighted by Crippen LogP contribution is -2.48. The molecule has 3 N–H and O–H groups in total. The van der Waals surface area contributed by atoms with Crippen LogP contribution in [-0.2, 0) is 0 Å². The first-order valence-corrected chi connectivity index (χ1v) is 7.69.